The van der Waals surface area contributed by atoms with Crippen molar-refractivity contribution in [3.63, 3.8) is 0 Å². The van der Waals surface area contributed by atoms with Gasteiger partial charge in [-0.15, -0.1) is 0 Å². The number of carboxylic acid groups (broad SMARTS) is 1. The summed E-state index contributed by atoms with van der Waals surface area (Å²) < 4.78 is 5.17. The van der Waals surface area contributed by atoms with Gasteiger partial charge in [0.05, 0.1) is 6.61 Å². The molecule has 1 saturated carbocycles. The number of carbonyl (C=O) groups excluding carboxylic acids is 1. The molecule has 5 nitrogen and oxygen atoms in total. The molecule has 0 aromatic carbocycles. The third-order valence-electron chi connectivity index (χ3n) is 2.53. The average Bonchev–Trinajstić information content (AvgIpc) is 2.97. The molecule has 1 atom stereocenters. The monoisotopic (exact) mass is 229 g/mol. The Morgan fingerprint density at radius 1 is 1.44 bits per heavy atom. The van der Waals surface area contributed by atoms with E-state index in [1.807, 2.05) is 0 Å². The van der Waals surface area contributed by atoms with E-state index >= 15 is 0 Å². The van der Waals surface area contributed by atoms with Gasteiger partial charge in [-0.25, -0.2) is 4.79 Å². The Hall–Kier alpha value is -1.10. The summed E-state index contributed by atoms with van der Waals surface area (Å²) in [5.74, 6) is -0.898. The van der Waals surface area contributed by atoms with Crippen LogP contribution in [0.15, 0.2) is 0 Å². The quantitative estimate of drug-likeness (QED) is 0.671. The number of aliphatic carboxylic acids is 1. The highest BCUT2D eigenvalue weighted by Gasteiger charge is 2.24. The summed E-state index contributed by atoms with van der Waals surface area (Å²) in [6.07, 6.45) is 2.34. The van der Waals surface area contributed by atoms with Crippen LogP contribution in [-0.4, -0.2) is 36.2 Å². The van der Waals surface area contributed by atoms with Crippen LogP contribution in [-0.2, 0) is 14.3 Å². The van der Waals surface area contributed by atoms with Crippen molar-refractivity contribution in [2.24, 2.45) is 11.8 Å². The molecule has 0 heterocycles. The molecule has 1 amide bonds. The number of carbonyl (C=O) groups is 2. The van der Waals surface area contributed by atoms with E-state index in [1.165, 1.54) is 12.8 Å². The third-order valence-corrected chi connectivity index (χ3v) is 2.53. The zero-order chi connectivity index (χ0) is 12.1. The second-order valence-electron chi connectivity index (χ2n) is 4.59. The molecule has 16 heavy (non-hydrogen) atoms. The first-order valence-corrected chi connectivity index (χ1v) is 5.60. The first kappa shape index (κ1) is 13.0. The summed E-state index contributed by atoms with van der Waals surface area (Å²) in [4.78, 5) is 22.2. The lowest BCUT2D eigenvalue weighted by atomic mass is 10.1. The highest BCUT2D eigenvalue weighted by Crippen LogP contribution is 2.28. The van der Waals surface area contributed by atoms with Gasteiger partial charge in [-0.3, -0.25) is 4.79 Å². The Balaban J connectivity index is 2.21. The molecule has 5 heteroatoms. The van der Waals surface area contributed by atoms with E-state index in [0.29, 0.717) is 12.5 Å². The zero-order valence-corrected chi connectivity index (χ0v) is 9.73. The first-order valence-electron chi connectivity index (χ1n) is 5.60. The molecule has 92 valence electrons. The van der Waals surface area contributed by atoms with E-state index < -0.39 is 12.0 Å². The van der Waals surface area contributed by atoms with Gasteiger partial charge in [-0.1, -0.05) is 13.8 Å². The highest BCUT2D eigenvalue weighted by molar-refractivity contribution is 5.84. The summed E-state index contributed by atoms with van der Waals surface area (Å²) in [6, 6.07) is -0.836. The van der Waals surface area contributed by atoms with Crippen molar-refractivity contribution in [1.82, 2.24) is 5.32 Å². The zero-order valence-electron chi connectivity index (χ0n) is 9.73. The smallest absolute Gasteiger partial charge is 0.326 e. The molecule has 1 fully saturated rings. The van der Waals surface area contributed by atoms with E-state index in [0.717, 1.165) is 0 Å². The van der Waals surface area contributed by atoms with Gasteiger partial charge < -0.3 is 15.2 Å². The van der Waals surface area contributed by atoms with Crippen LogP contribution in [0.1, 0.15) is 26.7 Å². The summed E-state index contributed by atoms with van der Waals surface area (Å²) in [6.45, 7) is 4.06. The average molecular weight is 229 g/mol. The van der Waals surface area contributed by atoms with E-state index in [1.54, 1.807) is 13.8 Å². The fraction of sp³-hybridized carbons (Fsp3) is 0.818. The molecule has 0 radical (unpaired) electrons. The van der Waals surface area contributed by atoms with Gasteiger partial charge in [0.2, 0.25) is 5.91 Å². The maximum atomic E-state index is 11.4. The van der Waals surface area contributed by atoms with Crippen LogP contribution in [0.2, 0.25) is 0 Å². The maximum absolute atomic E-state index is 11.4. The molecule has 0 bridgehead atoms. The molecule has 1 unspecified atom stereocenters. The lowest BCUT2D eigenvalue weighted by Crippen LogP contribution is -2.45. The molecule has 1 rings (SSSR count). The van der Waals surface area contributed by atoms with Crippen LogP contribution < -0.4 is 5.32 Å². The fourth-order valence-corrected chi connectivity index (χ4v) is 1.33. The summed E-state index contributed by atoms with van der Waals surface area (Å²) >= 11 is 0. The fourth-order valence-electron chi connectivity index (χ4n) is 1.33. The van der Waals surface area contributed by atoms with Crippen molar-refractivity contribution in [2.45, 2.75) is 32.7 Å². The lowest BCUT2D eigenvalue weighted by molar-refractivity contribution is -0.143. The molecule has 2 N–H and O–H groups in total. The van der Waals surface area contributed by atoms with Gasteiger partial charge >= 0.3 is 5.97 Å². The number of rotatable bonds is 7. The lowest BCUT2D eigenvalue weighted by Gasteiger charge is -2.17. The molecular formula is C11H19NO4. The van der Waals surface area contributed by atoms with Crippen molar-refractivity contribution in [1.29, 1.82) is 0 Å². The van der Waals surface area contributed by atoms with Gasteiger partial charge in [0, 0.05) is 0 Å². The van der Waals surface area contributed by atoms with Crippen LogP contribution in [0, 0.1) is 11.8 Å². The predicted molar refractivity (Wildman–Crippen MR) is 57.9 cm³/mol. The molecule has 0 spiro atoms. The van der Waals surface area contributed by atoms with E-state index in [4.69, 9.17) is 9.84 Å². The summed E-state index contributed by atoms with van der Waals surface area (Å²) in [7, 11) is 0. The summed E-state index contributed by atoms with van der Waals surface area (Å²) in [5.41, 5.74) is 0. The molecule has 0 aromatic heterocycles. The Kier molecular flexibility index (Phi) is 4.73. The second kappa shape index (κ2) is 5.84. The standard InChI is InChI=1S/C11H19NO4/c1-7(2)10(11(14)15)12-9(13)6-16-5-8-3-4-8/h7-8,10H,3-6H2,1-2H3,(H,12,13)(H,14,15). The van der Waals surface area contributed by atoms with Crippen molar-refractivity contribution in [3.8, 4) is 0 Å². The van der Waals surface area contributed by atoms with Crippen LogP contribution in [0.25, 0.3) is 0 Å². The minimum atomic E-state index is -1.01. The van der Waals surface area contributed by atoms with E-state index in [-0.39, 0.29) is 18.4 Å². The third kappa shape index (κ3) is 4.61. The molecule has 1 aliphatic carbocycles. The number of amides is 1. The van der Waals surface area contributed by atoms with Crippen LogP contribution in [0.4, 0.5) is 0 Å². The number of carboxylic acids is 1. The molecule has 0 aliphatic heterocycles. The number of ether oxygens (including phenoxy) is 1. The Bertz CT molecular complexity index is 261. The number of nitrogens with one attached hydrogen (secondary N) is 1. The van der Waals surface area contributed by atoms with Crippen molar-refractivity contribution in [3.05, 3.63) is 0 Å². The minimum Gasteiger partial charge on any atom is -0.480 e. The predicted octanol–water partition coefficient (Wildman–Crippen LogP) is 0.638. The Morgan fingerprint density at radius 3 is 2.50 bits per heavy atom. The van der Waals surface area contributed by atoms with Crippen molar-refractivity contribution >= 4 is 11.9 Å². The maximum Gasteiger partial charge on any atom is 0.326 e. The minimum absolute atomic E-state index is 0.0486. The van der Waals surface area contributed by atoms with Gasteiger partial charge in [0.1, 0.15) is 12.6 Å². The van der Waals surface area contributed by atoms with Crippen LogP contribution in [0.3, 0.4) is 0 Å². The van der Waals surface area contributed by atoms with Crippen LogP contribution >= 0.6 is 0 Å². The topological polar surface area (TPSA) is 75.6 Å². The van der Waals surface area contributed by atoms with Crippen LogP contribution in [0.5, 0.6) is 0 Å². The van der Waals surface area contributed by atoms with Crippen molar-refractivity contribution in [2.75, 3.05) is 13.2 Å². The van der Waals surface area contributed by atoms with E-state index in [9.17, 15) is 9.59 Å². The van der Waals surface area contributed by atoms with E-state index in [2.05, 4.69) is 5.32 Å². The largest absolute Gasteiger partial charge is 0.480 e. The molecule has 0 saturated heterocycles. The van der Waals surface area contributed by atoms with Gasteiger partial charge in [0.15, 0.2) is 0 Å². The molecule has 1 aliphatic rings. The first-order chi connectivity index (χ1) is 7.50. The van der Waals surface area contributed by atoms with Gasteiger partial charge in [0.25, 0.3) is 0 Å². The Labute approximate surface area is 95.2 Å². The van der Waals surface area contributed by atoms with Gasteiger partial charge in [-0.05, 0) is 24.7 Å². The molecule has 0 aromatic rings. The SMILES string of the molecule is CC(C)C(NC(=O)COCC1CC1)C(=O)O. The van der Waals surface area contributed by atoms with Crippen molar-refractivity contribution < 1.29 is 19.4 Å². The highest BCUT2D eigenvalue weighted by atomic mass is 16.5. The molecular weight excluding hydrogens is 210 g/mol. The number of hydrogen-bond acceptors (Lipinski definition) is 3. The Morgan fingerprint density at radius 2 is 2.06 bits per heavy atom. The number of hydrogen-bond donors (Lipinski definition) is 2. The van der Waals surface area contributed by atoms with Gasteiger partial charge in [-0.2, -0.15) is 0 Å². The second-order valence-corrected chi connectivity index (χ2v) is 4.59. The normalized spacial score (nSPS) is 17.2. The summed E-state index contributed by atoms with van der Waals surface area (Å²) in [5, 5.41) is 11.3.